The molecule has 4 rings (SSSR count). The van der Waals surface area contributed by atoms with Gasteiger partial charge in [-0.25, -0.2) is 0 Å². The van der Waals surface area contributed by atoms with Gasteiger partial charge in [0, 0.05) is 23.3 Å². The number of nitrogens with one attached hydrogen (secondary N) is 1. The summed E-state index contributed by atoms with van der Waals surface area (Å²) in [5.74, 6) is 0. The van der Waals surface area contributed by atoms with E-state index in [1.54, 1.807) is 0 Å². The zero-order valence-electron chi connectivity index (χ0n) is 16.3. The quantitative estimate of drug-likeness (QED) is 0.393. The number of halogens is 1. The van der Waals surface area contributed by atoms with Crippen LogP contribution >= 0.6 is 11.6 Å². The molecule has 1 aromatic heterocycles. The zero-order chi connectivity index (χ0) is 20.1. The van der Waals surface area contributed by atoms with Crippen molar-refractivity contribution >= 4 is 17.3 Å². The van der Waals surface area contributed by atoms with E-state index in [1.807, 2.05) is 48.7 Å². The Morgan fingerprint density at radius 3 is 2.21 bits per heavy atom. The first-order valence-corrected chi connectivity index (χ1v) is 10.1. The zero-order valence-corrected chi connectivity index (χ0v) is 17.1. The average molecular weight is 399 g/mol. The summed E-state index contributed by atoms with van der Waals surface area (Å²) >= 11 is 6.42. The van der Waals surface area contributed by atoms with Gasteiger partial charge in [-0.05, 0) is 53.9 Å². The van der Waals surface area contributed by atoms with Gasteiger partial charge in [0.25, 0.3) is 0 Å². The van der Waals surface area contributed by atoms with Crippen LogP contribution < -0.4 is 5.32 Å². The second-order valence-corrected chi connectivity index (χ2v) is 7.73. The number of anilines is 1. The highest BCUT2D eigenvalue weighted by molar-refractivity contribution is 6.30. The third-order valence-electron chi connectivity index (χ3n) is 5.11. The van der Waals surface area contributed by atoms with E-state index in [-0.39, 0.29) is 0 Å². The number of para-hydroxylation sites is 1. The number of rotatable bonds is 6. The van der Waals surface area contributed by atoms with Gasteiger partial charge in [0.15, 0.2) is 0 Å². The topological polar surface area (TPSA) is 24.9 Å². The van der Waals surface area contributed by atoms with E-state index in [1.165, 1.54) is 5.56 Å². The van der Waals surface area contributed by atoms with E-state index in [0.717, 1.165) is 28.9 Å². The molecule has 1 atom stereocenters. The summed E-state index contributed by atoms with van der Waals surface area (Å²) in [5, 5.41) is 4.51. The normalized spacial score (nSPS) is 12.9. The molecule has 3 aromatic carbocycles. The van der Waals surface area contributed by atoms with Crippen LogP contribution in [0.2, 0.25) is 5.02 Å². The Balaban J connectivity index is 1.93. The Hall–Kier alpha value is -3.10. The van der Waals surface area contributed by atoms with Crippen molar-refractivity contribution in [2.24, 2.45) is 0 Å². The first-order chi connectivity index (χ1) is 14.2. The van der Waals surface area contributed by atoms with E-state index >= 15 is 0 Å². The number of pyridine rings is 1. The molecule has 0 aliphatic carbocycles. The predicted molar refractivity (Wildman–Crippen MR) is 121 cm³/mol. The summed E-state index contributed by atoms with van der Waals surface area (Å²) < 4.78 is 0. The van der Waals surface area contributed by atoms with Crippen LogP contribution in [0.1, 0.15) is 22.4 Å². The lowest BCUT2D eigenvalue weighted by Gasteiger charge is -2.36. The fourth-order valence-electron chi connectivity index (χ4n) is 3.67. The summed E-state index contributed by atoms with van der Waals surface area (Å²) in [7, 11) is 0. The number of benzene rings is 3. The lowest BCUT2D eigenvalue weighted by molar-refractivity contribution is 0.565. The fraction of sp³-hybridized carbons (Fsp3) is 0.115. The lowest BCUT2D eigenvalue weighted by atomic mass is 9.80. The largest absolute Gasteiger partial charge is 0.370 e. The van der Waals surface area contributed by atoms with E-state index in [2.05, 4.69) is 66.8 Å². The maximum Gasteiger partial charge on any atom is 0.109 e. The molecule has 0 fully saturated rings. The molecular formula is C26H23ClN2. The molecule has 0 bridgehead atoms. The van der Waals surface area contributed by atoms with Crippen molar-refractivity contribution in [3.8, 4) is 0 Å². The number of hydrogen-bond donors (Lipinski definition) is 1. The van der Waals surface area contributed by atoms with Gasteiger partial charge in [0.2, 0.25) is 0 Å². The average Bonchev–Trinajstić information content (AvgIpc) is 2.75. The summed E-state index contributed by atoms with van der Waals surface area (Å²) in [6.07, 6.45) is 2.66. The van der Waals surface area contributed by atoms with Crippen molar-refractivity contribution in [1.82, 2.24) is 4.98 Å². The Morgan fingerprint density at radius 1 is 0.828 bits per heavy atom. The van der Waals surface area contributed by atoms with E-state index < -0.39 is 5.54 Å². The van der Waals surface area contributed by atoms with Crippen LogP contribution in [0.3, 0.4) is 0 Å². The maximum absolute atomic E-state index is 6.42. The fourth-order valence-corrected chi connectivity index (χ4v) is 3.86. The minimum absolute atomic E-state index is 0.568. The van der Waals surface area contributed by atoms with E-state index in [0.29, 0.717) is 5.02 Å². The van der Waals surface area contributed by atoms with Crippen LogP contribution in [-0.4, -0.2) is 4.98 Å². The van der Waals surface area contributed by atoms with Crippen molar-refractivity contribution in [3.63, 3.8) is 0 Å². The SMILES string of the molecule is Cc1ccc(C(Cc2ccccc2)(Nc2ccccc2)c2cccc(Cl)c2)nc1. The van der Waals surface area contributed by atoms with E-state index in [4.69, 9.17) is 16.6 Å². The van der Waals surface area contributed by atoms with Crippen LogP contribution in [0.15, 0.2) is 103 Å². The van der Waals surface area contributed by atoms with Crippen LogP contribution in [0.5, 0.6) is 0 Å². The summed E-state index contributed by atoms with van der Waals surface area (Å²) in [5.41, 5.74) is 4.85. The highest BCUT2D eigenvalue weighted by Gasteiger charge is 2.36. The summed E-state index contributed by atoms with van der Waals surface area (Å²) in [6, 6.07) is 33.0. The number of hydrogen-bond acceptors (Lipinski definition) is 2. The molecule has 0 spiro atoms. The van der Waals surface area contributed by atoms with Crippen molar-refractivity contribution in [3.05, 3.63) is 131 Å². The molecule has 0 radical (unpaired) electrons. The molecule has 1 unspecified atom stereocenters. The molecule has 1 heterocycles. The third-order valence-corrected chi connectivity index (χ3v) is 5.34. The molecule has 3 heteroatoms. The standard InChI is InChI=1S/C26H23ClN2/c1-20-15-16-25(28-19-20)26(18-21-9-4-2-5-10-21,22-11-8-12-23(27)17-22)29-24-13-6-3-7-14-24/h2-17,19,29H,18H2,1H3. The molecule has 1 N–H and O–H groups in total. The summed E-state index contributed by atoms with van der Waals surface area (Å²) in [6.45, 7) is 2.06. The lowest BCUT2D eigenvalue weighted by Crippen LogP contribution is -2.40. The molecule has 0 aliphatic heterocycles. The molecule has 2 nitrogen and oxygen atoms in total. The van der Waals surface area contributed by atoms with Gasteiger partial charge in [0.1, 0.15) is 5.54 Å². The predicted octanol–water partition coefficient (Wildman–Crippen LogP) is 6.64. The Labute approximate surface area is 177 Å². The first kappa shape index (κ1) is 19.2. The number of aryl methyl sites for hydroxylation is 1. The number of nitrogens with zero attached hydrogens (tertiary/aromatic N) is 1. The van der Waals surface area contributed by atoms with Crippen LogP contribution in [0.4, 0.5) is 5.69 Å². The van der Waals surface area contributed by atoms with E-state index in [9.17, 15) is 0 Å². The van der Waals surface area contributed by atoms with Crippen molar-refractivity contribution in [2.75, 3.05) is 5.32 Å². The number of aromatic nitrogens is 1. The molecule has 29 heavy (non-hydrogen) atoms. The second kappa shape index (κ2) is 8.50. The molecule has 0 aliphatic rings. The first-order valence-electron chi connectivity index (χ1n) is 9.72. The third kappa shape index (κ3) is 4.33. The highest BCUT2D eigenvalue weighted by Crippen LogP contribution is 2.37. The second-order valence-electron chi connectivity index (χ2n) is 7.29. The summed E-state index contributed by atoms with van der Waals surface area (Å²) in [4.78, 5) is 4.84. The van der Waals surface area contributed by atoms with Crippen LogP contribution in [0, 0.1) is 6.92 Å². The smallest absolute Gasteiger partial charge is 0.109 e. The molecular weight excluding hydrogens is 376 g/mol. The van der Waals surface area contributed by atoms with Crippen molar-refractivity contribution < 1.29 is 0 Å². The monoisotopic (exact) mass is 398 g/mol. The Kier molecular flexibility index (Phi) is 5.64. The Morgan fingerprint density at radius 2 is 1.55 bits per heavy atom. The molecule has 144 valence electrons. The highest BCUT2D eigenvalue weighted by atomic mass is 35.5. The Bertz CT molecular complexity index is 1020. The molecule has 0 saturated carbocycles. The van der Waals surface area contributed by atoms with Gasteiger partial charge in [-0.15, -0.1) is 0 Å². The van der Waals surface area contributed by atoms with Crippen molar-refractivity contribution in [1.29, 1.82) is 0 Å². The van der Waals surface area contributed by atoms with Gasteiger partial charge >= 0.3 is 0 Å². The van der Waals surface area contributed by atoms with Gasteiger partial charge < -0.3 is 5.32 Å². The maximum atomic E-state index is 6.42. The van der Waals surface area contributed by atoms with Crippen LogP contribution in [0.25, 0.3) is 0 Å². The van der Waals surface area contributed by atoms with Gasteiger partial charge in [-0.2, -0.15) is 0 Å². The van der Waals surface area contributed by atoms with Crippen LogP contribution in [-0.2, 0) is 12.0 Å². The van der Waals surface area contributed by atoms with Gasteiger partial charge in [0.05, 0.1) is 5.69 Å². The molecule has 0 amide bonds. The van der Waals surface area contributed by atoms with Crippen molar-refractivity contribution in [2.45, 2.75) is 18.9 Å². The van der Waals surface area contributed by atoms with Gasteiger partial charge in [-0.3, -0.25) is 4.98 Å². The van der Waals surface area contributed by atoms with Gasteiger partial charge in [-0.1, -0.05) is 78.3 Å². The minimum Gasteiger partial charge on any atom is -0.370 e. The molecule has 4 aromatic rings. The minimum atomic E-state index is -0.568. The molecule has 0 saturated heterocycles.